The Labute approximate surface area is 167 Å². The quantitative estimate of drug-likeness (QED) is 0.440. The van der Waals surface area contributed by atoms with Crippen LogP contribution < -0.4 is 9.47 Å². The molecule has 1 aromatic carbocycles. The number of carbonyl (C=O) groups excluding carboxylic acids is 1. The Morgan fingerprint density at radius 3 is 2.28 bits per heavy atom. The largest absolute Gasteiger partial charge is 0.464 e. The summed E-state index contributed by atoms with van der Waals surface area (Å²) in [5, 5.41) is 0. The van der Waals surface area contributed by atoms with E-state index in [0.29, 0.717) is 47.6 Å². The third-order valence-electron chi connectivity index (χ3n) is 3.61. The first-order valence-corrected chi connectivity index (χ1v) is 9.15. The summed E-state index contributed by atoms with van der Waals surface area (Å²) >= 11 is 0. The molecule has 3 aromatic rings. The lowest BCUT2D eigenvalue weighted by molar-refractivity contribution is -0.136. The Hall–Kier alpha value is -3.73. The Bertz CT molecular complexity index is 1040. The van der Waals surface area contributed by atoms with Gasteiger partial charge in [0.2, 0.25) is 11.8 Å². The van der Waals surface area contributed by atoms with Crippen molar-refractivity contribution in [2.24, 2.45) is 0 Å². The van der Waals surface area contributed by atoms with Crippen molar-refractivity contribution in [2.45, 2.75) is 20.8 Å². The van der Waals surface area contributed by atoms with Gasteiger partial charge in [-0.25, -0.2) is 14.8 Å². The SMILES string of the molecule is CCOC(=O)C#Cc1ccc(-c2ncc(OCC)o2)cc1-c1ncc(OCC)o1. The number of esters is 1. The van der Waals surface area contributed by atoms with Gasteiger partial charge in [0.15, 0.2) is 0 Å². The summed E-state index contributed by atoms with van der Waals surface area (Å²) in [4.78, 5) is 20.1. The van der Waals surface area contributed by atoms with Crippen LogP contribution >= 0.6 is 0 Å². The predicted molar refractivity (Wildman–Crippen MR) is 103 cm³/mol. The number of benzene rings is 1. The van der Waals surface area contributed by atoms with Gasteiger partial charge in [-0.2, -0.15) is 0 Å². The van der Waals surface area contributed by atoms with Gasteiger partial charge in [0.05, 0.1) is 25.4 Å². The molecular weight excluding hydrogens is 376 g/mol. The number of rotatable bonds is 7. The van der Waals surface area contributed by atoms with Crippen LogP contribution in [0, 0.1) is 11.8 Å². The zero-order valence-corrected chi connectivity index (χ0v) is 16.4. The second kappa shape index (κ2) is 9.46. The van der Waals surface area contributed by atoms with Crippen LogP contribution in [0.5, 0.6) is 11.9 Å². The molecule has 0 saturated carbocycles. The van der Waals surface area contributed by atoms with E-state index in [0.717, 1.165) is 0 Å². The summed E-state index contributed by atoms with van der Waals surface area (Å²) in [5.41, 5.74) is 1.76. The van der Waals surface area contributed by atoms with Gasteiger partial charge < -0.3 is 23.0 Å². The maximum absolute atomic E-state index is 11.6. The Kier molecular flexibility index (Phi) is 6.53. The van der Waals surface area contributed by atoms with E-state index < -0.39 is 5.97 Å². The average molecular weight is 396 g/mol. The van der Waals surface area contributed by atoms with Crippen LogP contribution in [0.15, 0.2) is 39.4 Å². The van der Waals surface area contributed by atoms with E-state index in [-0.39, 0.29) is 12.6 Å². The lowest BCUT2D eigenvalue weighted by atomic mass is 10.0. The van der Waals surface area contributed by atoms with Crippen molar-refractivity contribution >= 4 is 5.97 Å². The van der Waals surface area contributed by atoms with Crippen LogP contribution in [0.2, 0.25) is 0 Å². The minimum absolute atomic E-state index is 0.253. The van der Waals surface area contributed by atoms with Crippen LogP contribution in [0.3, 0.4) is 0 Å². The number of aromatic nitrogens is 2. The van der Waals surface area contributed by atoms with Crippen molar-refractivity contribution in [1.29, 1.82) is 0 Å². The fourth-order valence-electron chi connectivity index (χ4n) is 2.44. The van der Waals surface area contributed by atoms with Gasteiger partial charge in [0.1, 0.15) is 12.4 Å². The van der Waals surface area contributed by atoms with E-state index in [4.69, 9.17) is 23.0 Å². The first kappa shape index (κ1) is 20.0. The second-order valence-corrected chi connectivity index (χ2v) is 5.57. The molecule has 0 saturated heterocycles. The topological polar surface area (TPSA) is 96.8 Å². The summed E-state index contributed by atoms with van der Waals surface area (Å²) in [6, 6.07) is 5.26. The van der Waals surface area contributed by atoms with E-state index >= 15 is 0 Å². The molecule has 0 unspecified atom stereocenters. The minimum Gasteiger partial charge on any atom is -0.464 e. The molecule has 8 nitrogen and oxygen atoms in total. The number of ether oxygens (including phenoxy) is 3. The minimum atomic E-state index is -0.612. The van der Waals surface area contributed by atoms with Gasteiger partial charge in [-0.3, -0.25) is 0 Å². The zero-order valence-electron chi connectivity index (χ0n) is 16.4. The maximum atomic E-state index is 11.6. The van der Waals surface area contributed by atoms with Crippen molar-refractivity contribution in [2.75, 3.05) is 19.8 Å². The molecular formula is C21H20N2O6. The lowest BCUT2D eigenvalue weighted by Gasteiger charge is -2.04. The molecule has 0 aliphatic rings. The molecule has 8 heteroatoms. The first-order valence-electron chi connectivity index (χ1n) is 9.15. The molecule has 3 rings (SSSR count). The number of hydrogen-bond acceptors (Lipinski definition) is 8. The molecule has 0 bridgehead atoms. The van der Waals surface area contributed by atoms with Gasteiger partial charge in [-0.1, -0.05) is 5.92 Å². The standard InChI is InChI=1S/C21H20N2O6/c1-4-25-17(24)10-9-14-7-8-15(20-22-12-18(28-20)26-5-2)11-16(14)21-23-13-19(29-21)27-6-3/h7-8,11-13H,4-6H2,1-3H3. The van der Waals surface area contributed by atoms with Gasteiger partial charge in [-0.15, -0.1) is 0 Å². The average Bonchev–Trinajstić information content (AvgIpc) is 3.37. The molecule has 0 fully saturated rings. The molecule has 0 aliphatic heterocycles. The molecule has 0 aliphatic carbocycles. The number of nitrogens with zero attached hydrogens (tertiary/aromatic N) is 2. The Balaban J connectivity index is 2.02. The molecule has 0 atom stereocenters. The normalized spacial score (nSPS) is 10.2. The van der Waals surface area contributed by atoms with Crippen LogP contribution in [-0.2, 0) is 9.53 Å². The Morgan fingerprint density at radius 2 is 1.62 bits per heavy atom. The molecule has 0 amide bonds. The van der Waals surface area contributed by atoms with E-state index in [9.17, 15) is 4.79 Å². The maximum Gasteiger partial charge on any atom is 0.384 e. The van der Waals surface area contributed by atoms with Crippen molar-refractivity contribution in [3.63, 3.8) is 0 Å². The number of oxazole rings is 2. The van der Waals surface area contributed by atoms with Crippen LogP contribution in [-0.4, -0.2) is 35.8 Å². The monoisotopic (exact) mass is 396 g/mol. The van der Waals surface area contributed by atoms with Gasteiger partial charge in [0, 0.05) is 17.0 Å². The lowest BCUT2D eigenvalue weighted by Crippen LogP contribution is -1.99. The van der Waals surface area contributed by atoms with Crippen molar-refractivity contribution in [1.82, 2.24) is 9.97 Å². The van der Waals surface area contributed by atoms with Gasteiger partial charge in [-0.05, 0) is 39.0 Å². The van der Waals surface area contributed by atoms with E-state index in [1.165, 1.54) is 12.4 Å². The van der Waals surface area contributed by atoms with Crippen LogP contribution in [0.1, 0.15) is 26.3 Å². The summed E-state index contributed by atoms with van der Waals surface area (Å²) in [6.45, 7) is 6.59. The third-order valence-corrected chi connectivity index (χ3v) is 3.61. The van der Waals surface area contributed by atoms with Gasteiger partial charge >= 0.3 is 17.9 Å². The number of hydrogen-bond donors (Lipinski definition) is 0. The third kappa shape index (κ3) is 4.96. The highest BCUT2D eigenvalue weighted by Crippen LogP contribution is 2.31. The van der Waals surface area contributed by atoms with Crippen LogP contribution in [0.25, 0.3) is 22.9 Å². The molecule has 0 N–H and O–H groups in total. The van der Waals surface area contributed by atoms with E-state index in [2.05, 4.69) is 21.8 Å². The van der Waals surface area contributed by atoms with E-state index in [1.807, 2.05) is 13.8 Å². The van der Waals surface area contributed by atoms with E-state index in [1.54, 1.807) is 25.1 Å². The first-order chi connectivity index (χ1) is 14.1. The second-order valence-electron chi connectivity index (χ2n) is 5.57. The summed E-state index contributed by atoms with van der Waals surface area (Å²) in [7, 11) is 0. The molecule has 2 heterocycles. The fraction of sp³-hybridized carbons (Fsp3) is 0.286. The zero-order chi connectivity index (χ0) is 20.6. The molecule has 150 valence electrons. The highest BCUT2D eigenvalue weighted by atomic mass is 16.6. The van der Waals surface area contributed by atoms with Crippen molar-refractivity contribution in [3.8, 4) is 46.6 Å². The van der Waals surface area contributed by atoms with Crippen LogP contribution in [0.4, 0.5) is 0 Å². The Morgan fingerprint density at radius 1 is 0.966 bits per heavy atom. The van der Waals surface area contributed by atoms with Crippen molar-refractivity contribution in [3.05, 3.63) is 36.2 Å². The summed E-state index contributed by atoms with van der Waals surface area (Å²) in [6.07, 6.45) is 2.98. The number of carbonyl (C=O) groups is 1. The molecule has 0 spiro atoms. The smallest absolute Gasteiger partial charge is 0.384 e. The molecule has 29 heavy (non-hydrogen) atoms. The summed E-state index contributed by atoms with van der Waals surface area (Å²) < 4.78 is 26.7. The van der Waals surface area contributed by atoms with Crippen molar-refractivity contribution < 1.29 is 27.8 Å². The fourth-order valence-corrected chi connectivity index (χ4v) is 2.44. The van der Waals surface area contributed by atoms with Gasteiger partial charge in [0.25, 0.3) is 0 Å². The molecule has 2 aromatic heterocycles. The predicted octanol–water partition coefficient (Wildman–Crippen LogP) is 3.71. The molecule has 0 radical (unpaired) electrons. The highest BCUT2D eigenvalue weighted by molar-refractivity contribution is 5.89. The summed E-state index contributed by atoms with van der Waals surface area (Å²) in [5.74, 6) is 5.91. The highest BCUT2D eigenvalue weighted by Gasteiger charge is 2.15.